The molecule has 0 saturated carbocycles. The molecule has 1 atom stereocenters. The second-order valence-corrected chi connectivity index (χ2v) is 8.91. The highest BCUT2D eigenvalue weighted by Crippen LogP contribution is 2.29. The molecule has 3 N–H and O–H groups in total. The number of phenols is 1. The van der Waals surface area contributed by atoms with Gasteiger partial charge in [0.25, 0.3) is 0 Å². The van der Waals surface area contributed by atoms with Crippen molar-refractivity contribution < 1.29 is 14.9 Å². The minimum Gasteiger partial charge on any atom is -0.508 e. The van der Waals surface area contributed by atoms with E-state index >= 15 is 0 Å². The van der Waals surface area contributed by atoms with Crippen molar-refractivity contribution in [3.63, 3.8) is 0 Å². The van der Waals surface area contributed by atoms with Crippen LogP contribution in [0.4, 0.5) is 0 Å². The molecule has 7 nitrogen and oxygen atoms in total. The SMILES string of the molecule is COc1cccc2c(C(O)CN3CCC(NCc4ccc5cc(O)ccc5n4)CC3)ccnc12. The number of aromatic hydroxyl groups is 1. The summed E-state index contributed by atoms with van der Waals surface area (Å²) in [6.45, 7) is 3.19. The van der Waals surface area contributed by atoms with E-state index < -0.39 is 6.10 Å². The van der Waals surface area contributed by atoms with E-state index in [0.29, 0.717) is 12.6 Å². The lowest BCUT2D eigenvalue weighted by atomic mass is 10.0. The fraction of sp³-hybridized carbons (Fsp3) is 0.333. The van der Waals surface area contributed by atoms with Crippen LogP contribution in [-0.2, 0) is 6.54 Å². The molecule has 1 saturated heterocycles. The number of likely N-dealkylation sites (tertiary alicyclic amines) is 1. The second-order valence-electron chi connectivity index (χ2n) is 8.91. The molecule has 0 bridgehead atoms. The third kappa shape index (κ3) is 4.82. The van der Waals surface area contributed by atoms with Crippen LogP contribution in [0.1, 0.15) is 30.2 Å². The lowest BCUT2D eigenvalue weighted by Crippen LogP contribution is -2.43. The number of pyridine rings is 2. The van der Waals surface area contributed by atoms with Crippen molar-refractivity contribution in [2.75, 3.05) is 26.7 Å². The molecular weight excluding hydrogens is 428 g/mol. The Hall–Kier alpha value is -3.26. The molecule has 34 heavy (non-hydrogen) atoms. The molecule has 1 fully saturated rings. The Balaban J connectivity index is 1.15. The number of β-amino-alcohol motifs (C(OH)–C–C–N with tert-alkyl or cyclic N) is 1. The van der Waals surface area contributed by atoms with Gasteiger partial charge in [0.05, 0.1) is 24.4 Å². The number of hydrogen-bond acceptors (Lipinski definition) is 7. The zero-order chi connectivity index (χ0) is 23.5. The highest BCUT2D eigenvalue weighted by molar-refractivity contribution is 5.87. The molecule has 176 valence electrons. The number of phenolic OH excluding ortho intramolecular Hbond substituents is 1. The number of aromatic nitrogens is 2. The van der Waals surface area contributed by atoms with E-state index in [0.717, 1.165) is 71.3 Å². The molecule has 0 aliphatic carbocycles. The van der Waals surface area contributed by atoms with E-state index in [9.17, 15) is 10.2 Å². The summed E-state index contributed by atoms with van der Waals surface area (Å²) < 4.78 is 5.43. The van der Waals surface area contributed by atoms with Gasteiger partial charge in [-0.1, -0.05) is 18.2 Å². The molecular formula is C27H30N4O3. The molecule has 0 amide bonds. The molecule has 2 aromatic carbocycles. The summed E-state index contributed by atoms with van der Waals surface area (Å²) >= 11 is 0. The number of nitrogens with zero attached hydrogens (tertiary/aromatic N) is 3. The number of aliphatic hydroxyl groups is 1. The number of nitrogens with one attached hydrogen (secondary N) is 1. The topological polar surface area (TPSA) is 90.7 Å². The van der Waals surface area contributed by atoms with Crippen molar-refractivity contribution in [1.82, 2.24) is 20.2 Å². The average Bonchev–Trinajstić information content (AvgIpc) is 2.87. The van der Waals surface area contributed by atoms with Crippen molar-refractivity contribution in [3.8, 4) is 11.5 Å². The van der Waals surface area contributed by atoms with Gasteiger partial charge in [-0.05, 0) is 67.9 Å². The van der Waals surface area contributed by atoms with Gasteiger partial charge in [0.1, 0.15) is 17.0 Å². The van der Waals surface area contributed by atoms with Crippen LogP contribution in [0.25, 0.3) is 21.8 Å². The molecule has 2 aromatic heterocycles. The summed E-state index contributed by atoms with van der Waals surface area (Å²) in [5, 5.41) is 26.1. The third-order valence-corrected chi connectivity index (χ3v) is 6.67. The second kappa shape index (κ2) is 9.93. The first-order chi connectivity index (χ1) is 16.6. The number of rotatable bonds is 7. The minimum absolute atomic E-state index is 0.258. The van der Waals surface area contributed by atoms with Gasteiger partial charge >= 0.3 is 0 Å². The fourth-order valence-corrected chi connectivity index (χ4v) is 4.79. The van der Waals surface area contributed by atoms with Crippen LogP contribution in [0.15, 0.2) is 60.8 Å². The van der Waals surface area contributed by atoms with E-state index in [1.165, 1.54) is 0 Å². The van der Waals surface area contributed by atoms with Crippen LogP contribution >= 0.6 is 0 Å². The summed E-state index contributed by atoms with van der Waals surface area (Å²) in [7, 11) is 1.64. The summed E-state index contributed by atoms with van der Waals surface area (Å²) in [6.07, 6.45) is 3.21. The number of fused-ring (bicyclic) bond motifs is 2. The van der Waals surface area contributed by atoms with Gasteiger partial charge in [0.15, 0.2) is 0 Å². The van der Waals surface area contributed by atoms with Crippen LogP contribution in [-0.4, -0.2) is 57.9 Å². The summed E-state index contributed by atoms with van der Waals surface area (Å²) in [5.74, 6) is 0.978. The Kier molecular flexibility index (Phi) is 6.58. The quantitative estimate of drug-likeness (QED) is 0.388. The first-order valence-electron chi connectivity index (χ1n) is 11.7. The largest absolute Gasteiger partial charge is 0.508 e. The standard InChI is InChI=1S/C27H30N4O3/c1-34-26-4-2-3-23-22(9-12-28-27(23)26)25(33)17-31-13-10-19(11-14-31)29-16-20-6-5-18-15-21(32)7-8-24(18)30-20/h2-9,12,15,19,25,29,32-33H,10-11,13-14,16-17H2,1H3. The smallest absolute Gasteiger partial charge is 0.145 e. The van der Waals surface area contributed by atoms with E-state index in [4.69, 9.17) is 9.72 Å². The van der Waals surface area contributed by atoms with E-state index in [1.54, 1.807) is 25.4 Å². The Morgan fingerprint density at radius 1 is 1.12 bits per heavy atom. The number of methoxy groups -OCH3 is 1. The molecule has 1 unspecified atom stereocenters. The van der Waals surface area contributed by atoms with Gasteiger partial charge in [-0.2, -0.15) is 0 Å². The predicted molar refractivity (Wildman–Crippen MR) is 133 cm³/mol. The maximum absolute atomic E-state index is 11.0. The van der Waals surface area contributed by atoms with Crippen LogP contribution in [0.5, 0.6) is 11.5 Å². The number of aliphatic hydroxyl groups excluding tert-OH is 1. The molecule has 0 spiro atoms. The highest BCUT2D eigenvalue weighted by Gasteiger charge is 2.22. The molecule has 1 aliphatic rings. The monoisotopic (exact) mass is 458 g/mol. The Morgan fingerprint density at radius 3 is 2.79 bits per heavy atom. The molecule has 4 aromatic rings. The van der Waals surface area contributed by atoms with Crippen molar-refractivity contribution in [2.24, 2.45) is 0 Å². The van der Waals surface area contributed by atoms with Gasteiger partial charge in [-0.25, -0.2) is 0 Å². The maximum Gasteiger partial charge on any atom is 0.145 e. The summed E-state index contributed by atoms with van der Waals surface area (Å²) in [6, 6.07) is 17.4. The molecule has 1 aliphatic heterocycles. The number of para-hydroxylation sites is 1. The Labute approximate surface area is 199 Å². The van der Waals surface area contributed by atoms with Crippen LogP contribution in [0, 0.1) is 0 Å². The zero-order valence-electron chi connectivity index (χ0n) is 19.3. The number of ether oxygens (including phenoxy) is 1. The molecule has 3 heterocycles. The molecule has 7 heteroatoms. The van der Waals surface area contributed by atoms with Crippen molar-refractivity contribution in [2.45, 2.75) is 31.5 Å². The lowest BCUT2D eigenvalue weighted by Gasteiger charge is -2.33. The average molecular weight is 459 g/mol. The third-order valence-electron chi connectivity index (χ3n) is 6.67. The maximum atomic E-state index is 11.0. The summed E-state index contributed by atoms with van der Waals surface area (Å²) in [5.41, 5.74) is 3.56. The van der Waals surface area contributed by atoms with Crippen molar-refractivity contribution >= 4 is 21.8 Å². The van der Waals surface area contributed by atoms with Crippen LogP contribution < -0.4 is 10.1 Å². The van der Waals surface area contributed by atoms with Crippen LogP contribution in [0.2, 0.25) is 0 Å². The van der Waals surface area contributed by atoms with Gasteiger partial charge in [0, 0.05) is 36.1 Å². The van der Waals surface area contributed by atoms with Gasteiger partial charge < -0.3 is 25.2 Å². The van der Waals surface area contributed by atoms with Gasteiger partial charge in [-0.15, -0.1) is 0 Å². The number of hydrogen-bond donors (Lipinski definition) is 3. The van der Waals surface area contributed by atoms with Crippen molar-refractivity contribution in [3.05, 3.63) is 72.1 Å². The normalized spacial score (nSPS) is 16.2. The first-order valence-corrected chi connectivity index (χ1v) is 11.7. The lowest BCUT2D eigenvalue weighted by molar-refractivity contribution is 0.0948. The van der Waals surface area contributed by atoms with E-state index in [-0.39, 0.29) is 5.75 Å². The Morgan fingerprint density at radius 2 is 1.97 bits per heavy atom. The number of benzene rings is 2. The van der Waals surface area contributed by atoms with Crippen molar-refractivity contribution in [1.29, 1.82) is 0 Å². The number of piperidine rings is 1. The molecule has 5 rings (SSSR count). The van der Waals surface area contributed by atoms with E-state index in [2.05, 4.69) is 15.2 Å². The Bertz CT molecular complexity index is 1290. The highest BCUT2D eigenvalue weighted by atomic mass is 16.5. The minimum atomic E-state index is -0.580. The molecule has 0 radical (unpaired) electrons. The fourth-order valence-electron chi connectivity index (χ4n) is 4.79. The van der Waals surface area contributed by atoms with Gasteiger partial charge in [-0.3, -0.25) is 9.97 Å². The van der Waals surface area contributed by atoms with Gasteiger partial charge in [0.2, 0.25) is 0 Å². The first kappa shape index (κ1) is 22.5. The van der Waals surface area contributed by atoms with Crippen LogP contribution in [0.3, 0.4) is 0 Å². The van der Waals surface area contributed by atoms with E-state index in [1.807, 2.05) is 42.5 Å². The predicted octanol–water partition coefficient (Wildman–Crippen LogP) is 3.78. The zero-order valence-corrected chi connectivity index (χ0v) is 19.3. The summed E-state index contributed by atoms with van der Waals surface area (Å²) in [4.78, 5) is 11.5.